The summed E-state index contributed by atoms with van der Waals surface area (Å²) in [6.45, 7) is 4.97. The highest BCUT2D eigenvalue weighted by molar-refractivity contribution is 5.92. The van der Waals surface area contributed by atoms with Crippen LogP contribution < -0.4 is 10.1 Å². The van der Waals surface area contributed by atoms with Gasteiger partial charge in [-0.25, -0.2) is 0 Å². The van der Waals surface area contributed by atoms with Crippen LogP contribution >= 0.6 is 0 Å². The number of benzene rings is 1. The number of furan rings is 1. The first-order chi connectivity index (χ1) is 13.9. The topological polar surface area (TPSA) is 71.8 Å². The van der Waals surface area contributed by atoms with Crippen LogP contribution in [0.15, 0.2) is 34.7 Å². The maximum absolute atomic E-state index is 13.0. The molecule has 2 heterocycles. The van der Waals surface area contributed by atoms with E-state index in [-0.39, 0.29) is 17.9 Å². The molecule has 4 rings (SSSR count). The lowest BCUT2D eigenvalue weighted by Gasteiger charge is -2.24. The standard InChI is InChI=1S/C23H28N2O4/c1-14-4-6-20(7-5-14)28-13-18-10-21(29-15(18)2)23(27)25(3)19-8-16-11-22(26)24-12-17(16)9-19/h4-7,10,16-17,19H,8-9,11-13H2,1-3H3,(H,24,26)/t16-,17+,19-/m0/s1. The Labute approximate surface area is 171 Å². The number of hydrogen-bond acceptors (Lipinski definition) is 4. The molecule has 0 unspecified atom stereocenters. The molecule has 0 spiro atoms. The summed E-state index contributed by atoms with van der Waals surface area (Å²) in [7, 11) is 1.83. The zero-order chi connectivity index (χ0) is 20.5. The highest BCUT2D eigenvalue weighted by Crippen LogP contribution is 2.38. The van der Waals surface area contributed by atoms with Gasteiger partial charge in [-0.05, 0) is 56.7 Å². The largest absolute Gasteiger partial charge is 0.489 e. The van der Waals surface area contributed by atoms with Gasteiger partial charge in [0, 0.05) is 31.6 Å². The van der Waals surface area contributed by atoms with E-state index in [1.54, 1.807) is 11.0 Å². The first-order valence-electron chi connectivity index (χ1n) is 10.2. The average molecular weight is 396 g/mol. The molecule has 154 valence electrons. The van der Waals surface area contributed by atoms with Crippen molar-refractivity contribution in [2.75, 3.05) is 13.6 Å². The van der Waals surface area contributed by atoms with Crippen molar-refractivity contribution in [1.82, 2.24) is 10.2 Å². The summed E-state index contributed by atoms with van der Waals surface area (Å²) < 4.78 is 11.6. The monoisotopic (exact) mass is 396 g/mol. The SMILES string of the molecule is Cc1ccc(OCc2cc(C(=O)N(C)[C@H]3C[C@H]4CC(=O)NC[C@H]4C3)oc2C)cc1. The first-order valence-corrected chi connectivity index (χ1v) is 10.2. The van der Waals surface area contributed by atoms with E-state index in [1.807, 2.05) is 45.2 Å². The Bertz CT molecular complexity index is 902. The predicted octanol–water partition coefficient (Wildman–Crippen LogP) is 3.46. The molecular weight excluding hydrogens is 368 g/mol. The fourth-order valence-electron chi connectivity index (χ4n) is 4.46. The van der Waals surface area contributed by atoms with Gasteiger partial charge >= 0.3 is 0 Å². The van der Waals surface area contributed by atoms with Crippen molar-refractivity contribution in [2.24, 2.45) is 11.8 Å². The molecule has 1 aromatic heterocycles. The summed E-state index contributed by atoms with van der Waals surface area (Å²) >= 11 is 0. The quantitative estimate of drug-likeness (QED) is 0.840. The molecule has 2 amide bonds. The van der Waals surface area contributed by atoms with Crippen LogP contribution in [-0.4, -0.2) is 36.3 Å². The van der Waals surface area contributed by atoms with E-state index in [1.165, 1.54) is 5.56 Å². The second kappa shape index (κ2) is 7.93. The maximum Gasteiger partial charge on any atom is 0.289 e. The van der Waals surface area contributed by atoms with Gasteiger partial charge in [0.25, 0.3) is 5.91 Å². The highest BCUT2D eigenvalue weighted by atomic mass is 16.5. The Kier molecular flexibility index (Phi) is 5.35. The summed E-state index contributed by atoms with van der Waals surface area (Å²) in [6, 6.07) is 9.80. The number of ether oxygens (including phenoxy) is 1. The Balaban J connectivity index is 1.39. The minimum Gasteiger partial charge on any atom is -0.489 e. The summed E-state index contributed by atoms with van der Waals surface area (Å²) in [5.41, 5.74) is 2.05. The van der Waals surface area contributed by atoms with Crippen LogP contribution in [0, 0.1) is 25.7 Å². The van der Waals surface area contributed by atoms with Crippen LogP contribution in [0.4, 0.5) is 0 Å². The van der Waals surface area contributed by atoms with Crippen molar-refractivity contribution in [3.05, 3.63) is 53.0 Å². The lowest BCUT2D eigenvalue weighted by Crippen LogP contribution is -2.38. The van der Waals surface area contributed by atoms with E-state index in [4.69, 9.17) is 9.15 Å². The zero-order valence-corrected chi connectivity index (χ0v) is 17.2. The molecule has 2 aromatic rings. The third-order valence-electron chi connectivity index (χ3n) is 6.34. The fourth-order valence-corrected chi connectivity index (χ4v) is 4.46. The van der Waals surface area contributed by atoms with Gasteiger partial charge in [0.2, 0.25) is 5.91 Å². The number of rotatable bonds is 5. The van der Waals surface area contributed by atoms with Crippen LogP contribution in [0.5, 0.6) is 5.75 Å². The number of fused-ring (bicyclic) bond motifs is 1. The van der Waals surface area contributed by atoms with E-state index in [0.717, 1.165) is 30.7 Å². The Morgan fingerprint density at radius 2 is 1.93 bits per heavy atom. The van der Waals surface area contributed by atoms with Crippen molar-refractivity contribution in [3.8, 4) is 5.75 Å². The number of nitrogens with one attached hydrogen (secondary N) is 1. The van der Waals surface area contributed by atoms with Crippen molar-refractivity contribution >= 4 is 11.8 Å². The van der Waals surface area contributed by atoms with Gasteiger partial charge in [0.15, 0.2) is 5.76 Å². The Hall–Kier alpha value is -2.76. The van der Waals surface area contributed by atoms with E-state index in [9.17, 15) is 9.59 Å². The summed E-state index contributed by atoms with van der Waals surface area (Å²) in [6.07, 6.45) is 2.38. The number of aryl methyl sites for hydroxylation is 2. The molecule has 2 fully saturated rings. The number of hydrogen-bond donors (Lipinski definition) is 1. The van der Waals surface area contributed by atoms with Gasteiger partial charge < -0.3 is 19.4 Å². The molecule has 0 radical (unpaired) electrons. The molecule has 1 N–H and O–H groups in total. The molecule has 1 aromatic carbocycles. The summed E-state index contributed by atoms with van der Waals surface area (Å²) in [5.74, 6) is 2.68. The second-order valence-corrected chi connectivity index (χ2v) is 8.36. The Morgan fingerprint density at radius 1 is 1.21 bits per heavy atom. The number of carbonyl (C=O) groups excluding carboxylic acids is 2. The second-order valence-electron chi connectivity index (χ2n) is 8.36. The lowest BCUT2D eigenvalue weighted by atomic mass is 9.89. The zero-order valence-electron chi connectivity index (χ0n) is 17.2. The van der Waals surface area contributed by atoms with Crippen LogP contribution in [0.1, 0.15) is 46.7 Å². The van der Waals surface area contributed by atoms with Crippen molar-refractivity contribution in [2.45, 2.75) is 45.8 Å². The summed E-state index contributed by atoms with van der Waals surface area (Å²) in [5, 5.41) is 2.94. The fraction of sp³-hybridized carbons (Fsp3) is 0.478. The molecule has 2 aliphatic rings. The molecule has 0 bridgehead atoms. The van der Waals surface area contributed by atoms with E-state index in [0.29, 0.717) is 36.4 Å². The van der Waals surface area contributed by atoms with Gasteiger partial charge in [0.05, 0.1) is 0 Å². The highest BCUT2D eigenvalue weighted by Gasteiger charge is 2.41. The predicted molar refractivity (Wildman–Crippen MR) is 109 cm³/mol. The molecule has 3 atom stereocenters. The van der Waals surface area contributed by atoms with Crippen LogP contribution in [0.25, 0.3) is 0 Å². The van der Waals surface area contributed by atoms with Crippen LogP contribution in [0.3, 0.4) is 0 Å². The molecular formula is C23H28N2O4. The number of carbonyl (C=O) groups is 2. The molecule has 29 heavy (non-hydrogen) atoms. The molecule has 6 heteroatoms. The number of piperidine rings is 1. The number of amides is 2. The van der Waals surface area contributed by atoms with Crippen LogP contribution in [0.2, 0.25) is 0 Å². The molecule has 6 nitrogen and oxygen atoms in total. The average Bonchev–Trinajstić information content (AvgIpc) is 3.29. The van der Waals surface area contributed by atoms with Gasteiger partial charge in [-0.3, -0.25) is 9.59 Å². The van der Waals surface area contributed by atoms with Crippen molar-refractivity contribution in [3.63, 3.8) is 0 Å². The van der Waals surface area contributed by atoms with Gasteiger partial charge in [-0.15, -0.1) is 0 Å². The third-order valence-corrected chi connectivity index (χ3v) is 6.34. The Morgan fingerprint density at radius 3 is 2.69 bits per heavy atom. The molecule has 1 saturated carbocycles. The third kappa shape index (κ3) is 4.16. The van der Waals surface area contributed by atoms with Crippen LogP contribution in [-0.2, 0) is 11.4 Å². The van der Waals surface area contributed by atoms with Crippen molar-refractivity contribution in [1.29, 1.82) is 0 Å². The summed E-state index contributed by atoms with van der Waals surface area (Å²) in [4.78, 5) is 26.4. The minimum atomic E-state index is -0.113. The van der Waals surface area contributed by atoms with Gasteiger partial charge in [0.1, 0.15) is 18.1 Å². The minimum absolute atomic E-state index is 0.113. The van der Waals surface area contributed by atoms with Crippen molar-refractivity contribution < 1.29 is 18.7 Å². The van der Waals surface area contributed by atoms with E-state index in [2.05, 4.69) is 5.32 Å². The van der Waals surface area contributed by atoms with Gasteiger partial charge in [-0.1, -0.05) is 17.7 Å². The molecule has 1 aliphatic heterocycles. The van der Waals surface area contributed by atoms with E-state index >= 15 is 0 Å². The smallest absolute Gasteiger partial charge is 0.289 e. The van der Waals surface area contributed by atoms with E-state index < -0.39 is 0 Å². The lowest BCUT2D eigenvalue weighted by molar-refractivity contribution is -0.124. The maximum atomic E-state index is 13.0. The van der Waals surface area contributed by atoms with Gasteiger partial charge in [-0.2, -0.15) is 0 Å². The first kappa shape index (κ1) is 19.6. The molecule has 1 aliphatic carbocycles. The molecule has 1 saturated heterocycles. The number of nitrogens with zero attached hydrogens (tertiary/aromatic N) is 1. The normalized spacial score (nSPS) is 23.4.